The van der Waals surface area contributed by atoms with E-state index < -0.39 is 0 Å². The maximum atomic E-state index is 6.17. The van der Waals surface area contributed by atoms with Crippen molar-refractivity contribution in [3.63, 3.8) is 0 Å². The molecule has 0 amide bonds. The third kappa shape index (κ3) is 4.62. The Kier molecular flexibility index (Phi) is 6.41. The molecule has 0 saturated carbocycles. The van der Waals surface area contributed by atoms with Crippen LogP contribution < -0.4 is 10.1 Å². The molecular formula is C15H13Br3ClNO. The van der Waals surface area contributed by atoms with E-state index in [2.05, 4.69) is 53.1 Å². The second-order valence-electron chi connectivity index (χ2n) is 4.30. The first-order valence-electron chi connectivity index (χ1n) is 6.31. The lowest BCUT2D eigenvalue weighted by molar-refractivity contribution is 0.336. The van der Waals surface area contributed by atoms with Gasteiger partial charge < -0.3 is 10.1 Å². The van der Waals surface area contributed by atoms with Gasteiger partial charge in [-0.05, 0) is 74.7 Å². The van der Waals surface area contributed by atoms with Crippen LogP contribution in [0.3, 0.4) is 0 Å². The van der Waals surface area contributed by atoms with Gasteiger partial charge in [-0.1, -0.05) is 27.5 Å². The molecule has 0 aliphatic heterocycles. The summed E-state index contributed by atoms with van der Waals surface area (Å²) in [6.07, 6.45) is 0. The summed E-state index contributed by atoms with van der Waals surface area (Å²) in [5, 5.41) is 4.03. The highest BCUT2D eigenvalue weighted by Crippen LogP contribution is 2.35. The molecule has 0 unspecified atom stereocenters. The number of halogens is 4. The summed E-state index contributed by atoms with van der Waals surface area (Å²) in [6.45, 7) is 3.26. The van der Waals surface area contributed by atoms with Crippen LogP contribution >= 0.6 is 59.4 Å². The third-order valence-electron chi connectivity index (χ3n) is 2.76. The number of benzene rings is 2. The smallest absolute Gasteiger partial charge is 0.147 e. The summed E-state index contributed by atoms with van der Waals surface area (Å²) in [6, 6.07) is 9.81. The van der Waals surface area contributed by atoms with Crippen LogP contribution in [-0.2, 0) is 6.54 Å². The van der Waals surface area contributed by atoms with Gasteiger partial charge in [0.05, 0.1) is 26.3 Å². The van der Waals surface area contributed by atoms with Gasteiger partial charge >= 0.3 is 0 Å². The average molecular weight is 498 g/mol. The van der Waals surface area contributed by atoms with E-state index in [0.717, 1.165) is 30.4 Å². The fraction of sp³-hybridized carbons (Fsp3) is 0.200. The second kappa shape index (κ2) is 7.86. The Bertz CT molecular complexity index is 626. The molecule has 2 nitrogen and oxygen atoms in total. The Labute approximate surface area is 154 Å². The molecule has 0 radical (unpaired) electrons. The molecule has 0 fully saturated rings. The lowest BCUT2D eigenvalue weighted by atomic mass is 10.2. The van der Waals surface area contributed by atoms with E-state index in [1.807, 2.05) is 37.3 Å². The van der Waals surface area contributed by atoms with E-state index in [1.54, 1.807) is 0 Å². The van der Waals surface area contributed by atoms with Crippen LogP contribution in [0.25, 0.3) is 0 Å². The first kappa shape index (κ1) is 17.1. The molecule has 0 atom stereocenters. The molecule has 0 heterocycles. The van der Waals surface area contributed by atoms with Gasteiger partial charge in [-0.15, -0.1) is 0 Å². The third-order valence-corrected chi connectivity index (χ3v) is 4.76. The topological polar surface area (TPSA) is 21.3 Å². The molecule has 2 rings (SSSR count). The van der Waals surface area contributed by atoms with Crippen LogP contribution in [0.15, 0.2) is 43.7 Å². The molecule has 0 aliphatic carbocycles. The zero-order valence-corrected chi connectivity index (χ0v) is 16.7. The van der Waals surface area contributed by atoms with Crippen molar-refractivity contribution in [2.75, 3.05) is 11.9 Å². The Balaban J connectivity index is 2.15. The van der Waals surface area contributed by atoms with Gasteiger partial charge in [-0.3, -0.25) is 0 Å². The highest BCUT2D eigenvalue weighted by Gasteiger charge is 2.09. The van der Waals surface area contributed by atoms with Crippen molar-refractivity contribution in [1.29, 1.82) is 0 Å². The minimum absolute atomic E-state index is 0.627. The summed E-state index contributed by atoms with van der Waals surface area (Å²) in [5.41, 5.74) is 2.01. The standard InChI is InChI=1S/C15H13Br3ClNO/c1-2-21-15-11(17)5-9(6-12(15)18)8-20-14-7-10(16)3-4-13(14)19/h3-7,20H,2,8H2,1H3. The van der Waals surface area contributed by atoms with E-state index in [-0.39, 0.29) is 0 Å². The maximum absolute atomic E-state index is 6.17. The number of anilines is 1. The molecule has 0 bridgehead atoms. The van der Waals surface area contributed by atoms with Crippen LogP contribution in [0.1, 0.15) is 12.5 Å². The summed E-state index contributed by atoms with van der Waals surface area (Å²) >= 11 is 16.7. The molecule has 0 aliphatic rings. The van der Waals surface area contributed by atoms with E-state index in [4.69, 9.17) is 16.3 Å². The zero-order valence-electron chi connectivity index (χ0n) is 11.2. The SMILES string of the molecule is CCOc1c(Br)cc(CNc2cc(Br)ccc2Cl)cc1Br. The number of ether oxygens (including phenoxy) is 1. The fourth-order valence-corrected chi connectivity index (χ4v) is 3.88. The van der Waals surface area contributed by atoms with Crippen molar-refractivity contribution in [2.24, 2.45) is 0 Å². The van der Waals surface area contributed by atoms with E-state index in [9.17, 15) is 0 Å². The van der Waals surface area contributed by atoms with Gasteiger partial charge in [0.15, 0.2) is 0 Å². The highest BCUT2D eigenvalue weighted by molar-refractivity contribution is 9.11. The van der Waals surface area contributed by atoms with Crippen LogP contribution in [0.4, 0.5) is 5.69 Å². The van der Waals surface area contributed by atoms with Crippen molar-refractivity contribution in [1.82, 2.24) is 0 Å². The molecule has 2 aromatic rings. The van der Waals surface area contributed by atoms with E-state index >= 15 is 0 Å². The Morgan fingerprint density at radius 2 is 1.76 bits per heavy atom. The first-order chi connectivity index (χ1) is 10.0. The van der Waals surface area contributed by atoms with Crippen molar-refractivity contribution in [3.05, 3.63) is 54.3 Å². The number of nitrogens with one attached hydrogen (secondary N) is 1. The van der Waals surface area contributed by atoms with Crippen molar-refractivity contribution >= 4 is 65.1 Å². The Morgan fingerprint density at radius 1 is 1.10 bits per heavy atom. The maximum Gasteiger partial charge on any atom is 0.147 e. The predicted molar refractivity (Wildman–Crippen MR) is 99.5 cm³/mol. The molecule has 1 N–H and O–H groups in total. The number of hydrogen-bond donors (Lipinski definition) is 1. The normalized spacial score (nSPS) is 10.5. The molecule has 112 valence electrons. The lowest BCUT2D eigenvalue weighted by Crippen LogP contribution is -2.01. The van der Waals surface area contributed by atoms with Gasteiger partial charge in [-0.25, -0.2) is 0 Å². The molecular weight excluding hydrogens is 485 g/mol. The largest absolute Gasteiger partial charge is 0.492 e. The molecule has 2 aromatic carbocycles. The van der Waals surface area contributed by atoms with Crippen molar-refractivity contribution in [3.8, 4) is 5.75 Å². The quantitative estimate of drug-likeness (QED) is 0.499. The second-order valence-corrected chi connectivity index (χ2v) is 7.33. The number of rotatable bonds is 5. The van der Waals surface area contributed by atoms with Crippen LogP contribution in [-0.4, -0.2) is 6.61 Å². The fourth-order valence-electron chi connectivity index (χ4n) is 1.83. The predicted octanol–water partition coefficient (Wildman–Crippen LogP) is 6.64. The molecule has 0 aromatic heterocycles. The lowest BCUT2D eigenvalue weighted by Gasteiger charge is -2.13. The molecule has 6 heteroatoms. The Hall–Kier alpha value is -0.230. The van der Waals surface area contributed by atoms with Gasteiger partial charge in [0.1, 0.15) is 5.75 Å². The van der Waals surface area contributed by atoms with Gasteiger partial charge in [-0.2, -0.15) is 0 Å². The first-order valence-corrected chi connectivity index (χ1v) is 9.06. The monoisotopic (exact) mass is 495 g/mol. The van der Waals surface area contributed by atoms with Gasteiger partial charge in [0.2, 0.25) is 0 Å². The summed E-state index contributed by atoms with van der Waals surface area (Å²) < 4.78 is 8.42. The molecule has 21 heavy (non-hydrogen) atoms. The van der Waals surface area contributed by atoms with Crippen LogP contribution in [0.5, 0.6) is 5.75 Å². The summed E-state index contributed by atoms with van der Waals surface area (Å²) in [4.78, 5) is 0. The van der Waals surface area contributed by atoms with Gasteiger partial charge in [0, 0.05) is 11.0 Å². The minimum atomic E-state index is 0.627. The van der Waals surface area contributed by atoms with E-state index in [1.165, 1.54) is 0 Å². The summed E-state index contributed by atoms with van der Waals surface area (Å²) in [5.74, 6) is 0.821. The Morgan fingerprint density at radius 3 is 2.38 bits per heavy atom. The number of hydrogen-bond acceptors (Lipinski definition) is 2. The molecule has 0 spiro atoms. The van der Waals surface area contributed by atoms with Crippen molar-refractivity contribution < 1.29 is 4.74 Å². The summed E-state index contributed by atoms with van der Waals surface area (Å²) in [7, 11) is 0. The van der Waals surface area contributed by atoms with Crippen LogP contribution in [0, 0.1) is 0 Å². The van der Waals surface area contributed by atoms with Crippen molar-refractivity contribution in [2.45, 2.75) is 13.5 Å². The van der Waals surface area contributed by atoms with Gasteiger partial charge in [0.25, 0.3) is 0 Å². The molecule has 0 saturated heterocycles. The highest BCUT2D eigenvalue weighted by atomic mass is 79.9. The zero-order chi connectivity index (χ0) is 15.4. The minimum Gasteiger partial charge on any atom is -0.492 e. The average Bonchev–Trinajstić information content (AvgIpc) is 2.44. The van der Waals surface area contributed by atoms with E-state index in [0.29, 0.717) is 18.2 Å². The van der Waals surface area contributed by atoms with Crippen LogP contribution in [0.2, 0.25) is 5.02 Å².